The van der Waals surface area contributed by atoms with Crippen molar-refractivity contribution in [2.24, 2.45) is 0 Å². The minimum absolute atomic E-state index is 0.103. The highest BCUT2D eigenvalue weighted by molar-refractivity contribution is 6.31. The maximum atomic E-state index is 12.5. The van der Waals surface area contributed by atoms with E-state index in [-0.39, 0.29) is 11.8 Å². The standard InChI is InChI=1S/C22H26Cl2N4O2/c1-27-11-13-28(14-12-27)20-9-8-18(24)15-19(20)26-21(29)3-2-10-25-22(30)16-4-6-17(23)7-5-16/h4-9,15H,2-3,10-14H2,1H3,(H,25,30)(H,26,29). The number of rotatable bonds is 7. The highest BCUT2D eigenvalue weighted by Gasteiger charge is 2.18. The Bertz CT molecular complexity index is 881. The molecule has 2 amide bonds. The first-order chi connectivity index (χ1) is 14.4. The summed E-state index contributed by atoms with van der Waals surface area (Å²) in [5.41, 5.74) is 2.25. The molecule has 1 fully saturated rings. The van der Waals surface area contributed by atoms with E-state index in [1.54, 1.807) is 30.3 Å². The van der Waals surface area contributed by atoms with Crippen LogP contribution < -0.4 is 15.5 Å². The van der Waals surface area contributed by atoms with Gasteiger partial charge in [0.2, 0.25) is 5.91 Å². The number of hydrogen-bond donors (Lipinski definition) is 2. The Hall–Kier alpha value is -2.28. The molecule has 0 bridgehead atoms. The third-order valence-corrected chi connectivity index (χ3v) is 5.54. The first-order valence-electron chi connectivity index (χ1n) is 9.99. The fourth-order valence-electron chi connectivity index (χ4n) is 3.30. The van der Waals surface area contributed by atoms with Crippen molar-refractivity contribution in [3.63, 3.8) is 0 Å². The first kappa shape index (κ1) is 22.4. The molecule has 0 aliphatic carbocycles. The molecular weight excluding hydrogens is 423 g/mol. The van der Waals surface area contributed by atoms with Gasteiger partial charge in [0.15, 0.2) is 0 Å². The van der Waals surface area contributed by atoms with Gasteiger partial charge in [0.25, 0.3) is 5.91 Å². The summed E-state index contributed by atoms with van der Waals surface area (Å²) < 4.78 is 0. The molecule has 1 saturated heterocycles. The van der Waals surface area contributed by atoms with Gasteiger partial charge in [-0.1, -0.05) is 23.2 Å². The Morgan fingerprint density at radius 1 is 0.967 bits per heavy atom. The first-order valence-corrected chi connectivity index (χ1v) is 10.7. The molecule has 2 aromatic rings. The van der Waals surface area contributed by atoms with Gasteiger partial charge in [-0.15, -0.1) is 0 Å². The van der Waals surface area contributed by atoms with Crippen molar-refractivity contribution in [3.8, 4) is 0 Å². The van der Waals surface area contributed by atoms with Crippen molar-refractivity contribution in [2.75, 3.05) is 50.0 Å². The van der Waals surface area contributed by atoms with Crippen molar-refractivity contribution in [1.82, 2.24) is 10.2 Å². The lowest BCUT2D eigenvalue weighted by Crippen LogP contribution is -2.44. The zero-order chi connectivity index (χ0) is 21.5. The second-order valence-corrected chi connectivity index (χ2v) is 8.24. The molecule has 3 rings (SSSR count). The molecule has 0 aromatic heterocycles. The molecule has 0 radical (unpaired) electrons. The second kappa shape index (κ2) is 10.7. The summed E-state index contributed by atoms with van der Waals surface area (Å²) in [6.07, 6.45) is 0.838. The molecule has 6 nitrogen and oxygen atoms in total. The lowest BCUT2D eigenvalue weighted by atomic mass is 10.2. The maximum Gasteiger partial charge on any atom is 0.251 e. The van der Waals surface area contributed by atoms with Gasteiger partial charge in [-0.2, -0.15) is 0 Å². The number of amides is 2. The monoisotopic (exact) mass is 448 g/mol. The number of benzene rings is 2. The van der Waals surface area contributed by atoms with E-state index in [0.717, 1.165) is 37.6 Å². The van der Waals surface area contributed by atoms with Crippen LogP contribution in [0.4, 0.5) is 11.4 Å². The van der Waals surface area contributed by atoms with Crippen LogP contribution in [0.3, 0.4) is 0 Å². The van der Waals surface area contributed by atoms with Gasteiger partial charge in [0.05, 0.1) is 11.4 Å². The number of nitrogens with one attached hydrogen (secondary N) is 2. The fraction of sp³-hybridized carbons (Fsp3) is 0.364. The number of likely N-dealkylation sites (N-methyl/N-ethyl adjacent to an activating group) is 1. The van der Waals surface area contributed by atoms with Crippen LogP contribution in [0.15, 0.2) is 42.5 Å². The van der Waals surface area contributed by atoms with Gasteiger partial charge in [-0.3, -0.25) is 9.59 Å². The summed E-state index contributed by atoms with van der Waals surface area (Å²) in [7, 11) is 2.10. The second-order valence-electron chi connectivity index (χ2n) is 7.37. The Balaban J connectivity index is 1.49. The molecule has 0 saturated carbocycles. The van der Waals surface area contributed by atoms with Gasteiger partial charge in [-0.05, 0) is 55.9 Å². The molecule has 1 aliphatic heterocycles. The van der Waals surface area contributed by atoms with Crippen molar-refractivity contribution in [2.45, 2.75) is 12.8 Å². The quantitative estimate of drug-likeness (QED) is 0.630. The molecule has 2 N–H and O–H groups in total. The number of anilines is 2. The number of carbonyl (C=O) groups is 2. The van der Waals surface area contributed by atoms with E-state index in [1.165, 1.54) is 0 Å². The number of hydrogen-bond acceptors (Lipinski definition) is 4. The van der Waals surface area contributed by atoms with Crippen molar-refractivity contribution in [1.29, 1.82) is 0 Å². The van der Waals surface area contributed by atoms with E-state index in [0.29, 0.717) is 35.0 Å². The van der Waals surface area contributed by atoms with E-state index in [2.05, 4.69) is 27.5 Å². The third kappa shape index (κ3) is 6.36. The summed E-state index contributed by atoms with van der Waals surface area (Å²) in [6, 6.07) is 12.3. The summed E-state index contributed by atoms with van der Waals surface area (Å²) in [5, 5.41) is 6.96. The minimum atomic E-state index is -0.181. The highest BCUT2D eigenvalue weighted by Crippen LogP contribution is 2.30. The van der Waals surface area contributed by atoms with E-state index in [9.17, 15) is 9.59 Å². The number of halogens is 2. The van der Waals surface area contributed by atoms with E-state index in [1.807, 2.05) is 12.1 Å². The van der Waals surface area contributed by atoms with Gasteiger partial charge in [-0.25, -0.2) is 0 Å². The third-order valence-electron chi connectivity index (χ3n) is 5.05. The van der Waals surface area contributed by atoms with Crippen LogP contribution in [0.1, 0.15) is 23.2 Å². The summed E-state index contributed by atoms with van der Waals surface area (Å²) in [5.74, 6) is -0.285. The minimum Gasteiger partial charge on any atom is -0.367 e. The summed E-state index contributed by atoms with van der Waals surface area (Å²) in [6.45, 7) is 4.16. The SMILES string of the molecule is CN1CCN(c2ccc(Cl)cc2NC(=O)CCCNC(=O)c2ccc(Cl)cc2)CC1. The van der Waals surface area contributed by atoms with E-state index in [4.69, 9.17) is 23.2 Å². The Morgan fingerprint density at radius 3 is 2.33 bits per heavy atom. The molecule has 0 atom stereocenters. The zero-order valence-electron chi connectivity index (χ0n) is 17.0. The number of piperazine rings is 1. The molecule has 2 aromatic carbocycles. The molecule has 8 heteroatoms. The van der Waals surface area contributed by atoms with Crippen LogP contribution in [0.5, 0.6) is 0 Å². The topological polar surface area (TPSA) is 64.7 Å². The lowest BCUT2D eigenvalue weighted by molar-refractivity contribution is -0.116. The van der Waals surface area contributed by atoms with E-state index < -0.39 is 0 Å². The van der Waals surface area contributed by atoms with Crippen LogP contribution >= 0.6 is 23.2 Å². The number of nitrogens with zero attached hydrogens (tertiary/aromatic N) is 2. The van der Waals surface area contributed by atoms with Crippen LogP contribution in [-0.2, 0) is 4.79 Å². The van der Waals surface area contributed by atoms with Crippen molar-refractivity contribution in [3.05, 3.63) is 58.1 Å². The van der Waals surface area contributed by atoms with Crippen LogP contribution in [0, 0.1) is 0 Å². The summed E-state index contributed by atoms with van der Waals surface area (Å²) >= 11 is 12.0. The van der Waals surface area contributed by atoms with Gasteiger partial charge < -0.3 is 20.4 Å². The smallest absolute Gasteiger partial charge is 0.251 e. The van der Waals surface area contributed by atoms with E-state index >= 15 is 0 Å². The average molecular weight is 449 g/mol. The van der Waals surface area contributed by atoms with Gasteiger partial charge >= 0.3 is 0 Å². The lowest BCUT2D eigenvalue weighted by Gasteiger charge is -2.35. The molecule has 1 heterocycles. The fourth-order valence-corrected chi connectivity index (χ4v) is 3.60. The Morgan fingerprint density at radius 2 is 1.63 bits per heavy atom. The summed E-state index contributed by atoms with van der Waals surface area (Å²) in [4.78, 5) is 29.1. The van der Waals surface area contributed by atoms with Gasteiger partial charge in [0.1, 0.15) is 0 Å². The average Bonchev–Trinajstić information content (AvgIpc) is 2.72. The molecule has 0 unspecified atom stereocenters. The molecule has 1 aliphatic rings. The largest absolute Gasteiger partial charge is 0.367 e. The maximum absolute atomic E-state index is 12.5. The van der Waals surface area contributed by atoms with Crippen LogP contribution in [0.2, 0.25) is 10.0 Å². The number of carbonyl (C=O) groups excluding carboxylic acids is 2. The van der Waals surface area contributed by atoms with Gasteiger partial charge in [0, 0.05) is 54.8 Å². The van der Waals surface area contributed by atoms with Crippen molar-refractivity contribution >= 4 is 46.4 Å². The predicted molar refractivity (Wildman–Crippen MR) is 123 cm³/mol. The molecule has 160 valence electrons. The predicted octanol–water partition coefficient (Wildman–Crippen LogP) is 3.89. The highest BCUT2D eigenvalue weighted by atomic mass is 35.5. The van der Waals surface area contributed by atoms with Crippen LogP contribution in [0.25, 0.3) is 0 Å². The molecular formula is C22H26Cl2N4O2. The molecule has 30 heavy (non-hydrogen) atoms. The van der Waals surface area contributed by atoms with Crippen LogP contribution in [-0.4, -0.2) is 56.5 Å². The normalized spacial score (nSPS) is 14.4. The molecule has 0 spiro atoms. The zero-order valence-corrected chi connectivity index (χ0v) is 18.5. The Kier molecular flexibility index (Phi) is 7.96. The van der Waals surface area contributed by atoms with Crippen molar-refractivity contribution < 1.29 is 9.59 Å². The Labute approximate surface area is 187 Å².